The first-order valence-electron chi connectivity index (χ1n) is 6.12. The van der Waals surface area contributed by atoms with Gasteiger partial charge in [0.05, 0.1) is 27.8 Å². The molecule has 1 aromatic rings. The molecule has 1 aliphatic heterocycles. The molecule has 1 saturated heterocycles. The average molecular weight is 273 g/mol. The first kappa shape index (κ1) is 13.2. The molecule has 0 aromatic carbocycles. The Morgan fingerprint density at radius 3 is 3.12 bits per heavy atom. The zero-order valence-electron chi connectivity index (χ0n) is 10.3. The lowest BCUT2D eigenvalue weighted by molar-refractivity contribution is 0.127. The van der Waals surface area contributed by atoms with Crippen LogP contribution < -0.4 is 0 Å². The molecular formula is C12H19NO2S2. The Balaban J connectivity index is 1.93. The van der Waals surface area contributed by atoms with Gasteiger partial charge in [-0.05, 0) is 26.2 Å². The highest BCUT2D eigenvalue weighted by atomic mass is 32.2. The molecule has 0 spiro atoms. The minimum atomic E-state index is -0.848. The first-order valence-corrected chi connectivity index (χ1v) is 8.39. The molecule has 1 aromatic heterocycles. The van der Waals surface area contributed by atoms with Crippen LogP contribution >= 0.6 is 11.3 Å². The van der Waals surface area contributed by atoms with Gasteiger partial charge in [-0.25, -0.2) is 4.98 Å². The number of hydrogen-bond donors (Lipinski definition) is 0. The van der Waals surface area contributed by atoms with E-state index in [-0.39, 0.29) is 11.4 Å². The van der Waals surface area contributed by atoms with E-state index in [1.54, 1.807) is 11.3 Å². The molecule has 1 aliphatic rings. The minimum Gasteiger partial charge on any atom is -0.377 e. The molecule has 1 fully saturated rings. The smallest absolute Gasteiger partial charge is 0.0928 e. The molecule has 2 rings (SSSR count). The third-order valence-corrected chi connectivity index (χ3v) is 5.83. The lowest BCUT2D eigenvalue weighted by Crippen LogP contribution is -2.24. The molecular weight excluding hydrogens is 254 g/mol. The van der Waals surface area contributed by atoms with E-state index in [9.17, 15) is 4.21 Å². The highest BCUT2D eigenvalue weighted by Gasteiger charge is 2.29. The summed E-state index contributed by atoms with van der Waals surface area (Å²) in [5.74, 6) is 0.582. The molecule has 3 atom stereocenters. The zero-order chi connectivity index (χ0) is 12.3. The van der Waals surface area contributed by atoms with E-state index in [1.165, 1.54) is 0 Å². The van der Waals surface area contributed by atoms with E-state index in [0.717, 1.165) is 36.6 Å². The minimum absolute atomic E-state index is 0.129. The Morgan fingerprint density at radius 2 is 2.47 bits per heavy atom. The second-order valence-electron chi connectivity index (χ2n) is 4.41. The number of thiazole rings is 1. The Hall–Kier alpha value is -0.260. The number of rotatable bonds is 5. The van der Waals surface area contributed by atoms with Gasteiger partial charge in [0.2, 0.25) is 0 Å². The molecule has 0 bridgehead atoms. The standard InChI is InChI=1S/C12H19NO2S2/c1-3-4-12-13-10(7-16-12)8-17(14)11-5-6-15-9(11)2/h7,9,11H,3-6,8H2,1-2H3/t9-,11+,17-/m1/s1. The van der Waals surface area contributed by atoms with E-state index >= 15 is 0 Å². The van der Waals surface area contributed by atoms with E-state index < -0.39 is 10.8 Å². The van der Waals surface area contributed by atoms with Crippen molar-refractivity contribution in [3.05, 3.63) is 16.1 Å². The van der Waals surface area contributed by atoms with E-state index in [4.69, 9.17) is 4.74 Å². The Labute approximate surface area is 109 Å². The second kappa shape index (κ2) is 6.07. The lowest BCUT2D eigenvalue weighted by atomic mass is 10.3. The molecule has 5 heteroatoms. The SMILES string of the molecule is CCCc1nc(C[S@@](=O)[C@H]2CCO[C@@H]2C)cs1. The highest BCUT2D eigenvalue weighted by Crippen LogP contribution is 2.22. The van der Waals surface area contributed by atoms with Gasteiger partial charge in [0.1, 0.15) is 0 Å². The fourth-order valence-corrected chi connectivity index (χ4v) is 4.58. The third-order valence-electron chi connectivity index (χ3n) is 3.00. The van der Waals surface area contributed by atoms with Gasteiger partial charge in [-0.15, -0.1) is 11.3 Å². The quantitative estimate of drug-likeness (QED) is 0.827. The first-order chi connectivity index (χ1) is 8.20. The number of ether oxygens (including phenoxy) is 1. The normalized spacial score (nSPS) is 26.2. The molecule has 0 aliphatic carbocycles. The maximum atomic E-state index is 12.2. The second-order valence-corrected chi connectivity index (χ2v) is 7.01. The number of aryl methyl sites for hydroxylation is 1. The summed E-state index contributed by atoms with van der Waals surface area (Å²) in [6.45, 7) is 4.91. The fourth-order valence-electron chi connectivity index (χ4n) is 2.05. The zero-order valence-corrected chi connectivity index (χ0v) is 12.0. The molecule has 96 valence electrons. The monoisotopic (exact) mass is 273 g/mol. The number of aromatic nitrogens is 1. The number of hydrogen-bond acceptors (Lipinski definition) is 4. The van der Waals surface area contributed by atoms with Crippen molar-refractivity contribution in [1.29, 1.82) is 0 Å². The van der Waals surface area contributed by atoms with Crippen LogP contribution in [0.3, 0.4) is 0 Å². The molecule has 0 radical (unpaired) electrons. The van der Waals surface area contributed by atoms with Crippen molar-refractivity contribution in [3.63, 3.8) is 0 Å². The summed E-state index contributed by atoms with van der Waals surface area (Å²) in [5, 5.41) is 3.39. The Morgan fingerprint density at radius 1 is 1.65 bits per heavy atom. The summed E-state index contributed by atoms with van der Waals surface area (Å²) < 4.78 is 17.6. The predicted molar refractivity (Wildman–Crippen MR) is 71.8 cm³/mol. The molecule has 2 heterocycles. The predicted octanol–water partition coefficient (Wildman–Crippen LogP) is 2.52. The molecule has 0 amide bonds. The molecule has 3 nitrogen and oxygen atoms in total. The molecule has 0 saturated carbocycles. The van der Waals surface area contributed by atoms with Gasteiger partial charge in [0.15, 0.2) is 0 Å². The van der Waals surface area contributed by atoms with Gasteiger partial charge < -0.3 is 4.74 Å². The van der Waals surface area contributed by atoms with Crippen molar-refractivity contribution >= 4 is 22.1 Å². The lowest BCUT2D eigenvalue weighted by Gasteiger charge is -2.12. The van der Waals surface area contributed by atoms with Gasteiger partial charge in [-0.1, -0.05) is 6.92 Å². The highest BCUT2D eigenvalue weighted by molar-refractivity contribution is 7.84. The maximum Gasteiger partial charge on any atom is 0.0928 e. The van der Waals surface area contributed by atoms with Crippen LogP contribution in [0.15, 0.2) is 5.38 Å². The van der Waals surface area contributed by atoms with E-state index in [2.05, 4.69) is 11.9 Å². The van der Waals surface area contributed by atoms with Crippen molar-refractivity contribution in [2.75, 3.05) is 6.61 Å². The van der Waals surface area contributed by atoms with Crippen molar-refractivity contribution < 1.29 is 8.95 Å². The van der Waals surface area contributed by atoms with Crippen LogP contribution in [0.25, 0.3) is 0 Å². The van der Waals surface area contributed by atoms with E-state index in [1.807, 2.05) is 12.3 Å². The summed E-state index contributed by atoms with van der Waals surface area (Å²) in [4.78, 5) is 4.52. The summed E-state index contributed by atoms with van der Waals surface area (Å²) in [5.41, 5.74) is 0.982. The van der Waals surface area contributed by atoms with Crippen LogP contribution in [0.1, 0.15) is 37.4 Å². The molecule has 17 heavy (non-hydrogen) atoms. The van der Waals surface area contributed by atoms with Crippen LogP contribution in [0.5, 0.6) is 0 Å². The van der Waals surface area contributed by atoms with Crippen molar-refractivity contribution in [2.24, 2.45) is 0 Å². The maximum absolute atomic E-state index is 12.2. The summed E-state index contributed by atoms with van der Waals surface area (Å²) >= 11 is 1.68. The van der Waals surface area contributed by atoms with Crippen molar-refractivity contribution in [2.45, 2.75) is 50.2 Å². The third kappa shape index (κ3) is 3.36. The average Bonchev–Trinajstić information content (AvgIpc) is 2.88. The van der Waals surface area contributed by atoms with Crippen molar-refractivity contribution in [1.82, 2.24) is 4.98 Å². The van der Waals surface area contributed by atoms with Crippen LogP contribution in [-0.2, 0) is 27.7 Å². The topological polar surface area (TPSA) is 39.2 Å². The van der Waals surface area contributed by atoms with Gasteiger partial charge >= 0.3 is 0 Å². The van der Waals surface area contributed by atoms with Crippen LogP contribution in [0.4, 0.5) is 0 Å². The van der Waals surface area contributed by atoms with E-state index in [0.29, 0.717) is 5.75 Å². The summed E-state index contributed by atoms with van der Waals surface area (Å²) in [7, 11) is -0.848. The summed E-state index contributed by atoms with van der Waals surface area (Å²) in [6.07, 6.45) is 3.19. The molecule has 0 N–H and O–H groups in total. The van der Waals surface area contributed by atoms with Gasteiger partial charge in [-0.3, -0.25) is 4.21 Å². The largest absolute Gasteiger partial charge is 0.377 e. The van der Waals surface area contributed by atoms with Gasteiger partial charge in [0.25, 0.3) is 0 Å². The van der Waals surface area contributed by atoms with Crippen LogP contribution in [-0.4, -0.2) is 27.2 Å². The Kier molecular flexibility index (Phi) is 4.70. The van der Waals surface area contributed by atoms with Crippen molar-refractivity contribution in [3.8, 4) is 0 Å². The van der Waals surface area contributed by atoms with Crippen LogP contribution in [0, 0.1) is 0 Å². The summed E-state index contributed by atoms with van der Waals surface area (Å²) in [6, 6.07) is 0. The van der Waals surface area contributed by atoms with Gasteiger partial charge in [-0.2, -0.15) is 0 Å². The fraction of sp³-hybridized carbons (Fsp3) is 0.750. The van der Waals surface area contributed by atoms with Gasteiger partial charge in [0, 0.05) is 22.8 Å². The van der Waals surface area contributed by atoms with Crippen LogP contribution in [0.2, 0.25) is 0 Å². The molecule has 0 unspecified atom stereocenters. The number of nitrogens with zero attached hydrogens (tertiary/aromatic N) is 1. The Bertz CT molecular complexity index is 392.